The maximum atomic E-state index is 10.1. The molecule has 0 bridgehead atoms. The minimum Gasteiger partial charge on any atom is -0.399 e. The molecule has 1 N–H and O–H groups in total. The van der Waals surface area contributed by atoms with E-state index in [1.165, 1.54) is 0 Å². The van der Waals surface area contributed by atoms with Gasteiger partial charge in [0.05, 0.1) is 22.9 Å². The molecule has 2 fully saturated rings. The predicted molar refractivity (Wildman–Crippen MR) is 119 cm³/mol. The van der Waals surface area contributed by atoms with E-state index >= 15 is 0 Å². The van der Waals surface area contributed by atoms with Crippen LogP contribution in [0.25, 0.3) is 10.9 Å². The number of benzene rings is 1. The monoisotopic (exact) mass is 414 g/mol. The Hall–Kier alpha value is -1.41. The smallest absolute Gasteiger partial charge is 0.399 e. The lowest BCUT2D eigenvalue weighted by atomic mass is 9.69. The van der Waals surface area contributed by atoms with Crippen molar-refractivity contribution in [2.75, 3.05) is 13.2 Å². The van der Waals surface area contributed by atoms with Gasteiger partial charge in [-0.15, -0.1) is 0 Å². The molecule has 1 aromatic heterocycles. The first kappa shape index (κ1) is 21.8. The zero-order valence-electron chi connectivity index (χ0n) is 19.2. The number of hydrogen-bond acceptors (Lipinski definition) is 5. The van der Waals surface area contributed by atoms with Crippen molar-refractivity contribution in [3.05, 3.63) is 23.4 Å². The van der Waals surface area contributed by atoms with Gasteiger partial charge >= 0.3 is 7.12 Å². The molecule has 2 aliphatic rings. The lowest BCUT2D eigenvalue weighted by molar-refractivity contribution is -0.0366. The quantitative estimate of drug-likeness (QED) is 0.754. The zero-order valence-corrected chi connectivity index (χ0v) is 19.2. The topological polar surface area (TPSA) is 65.7 Å². The summed E-state index contributed by atoms with van der Waals surface area (Å²) in [6.07, 6.45) is 5.95. The molecular weight excluding hydrogens is 379 g/mol. The van der Waals surface area contributed by atoms with E-state index in [0.29, 0.717) is 0 Å². The van der Waals surface area contributed by atoms with Crippen molar-refractivity contribution in [2.45, 2.75) is 90.6 Å². The van der Waals surface area contributed by atoms with E-state index in [9.17, 15) is 5.11 Å². The molecule has 30 heavy (non-hydrogen) atoms. The van der Waals surface area contributed by atoms with Crippen LogP contribution in [0.1, 0.15) is 83.6 Å². The molecule has 6 nitrogen and oxygen atoms in total. The normalized spacial score (nSPS) is 24.5. The number of hydrogen-bond donors (Lipinski definition) is 1. The molecule has 2 aromatic rings. The van der Waals surface area contributed by atoms with Gasteiger partial charge in [-0.05, 0) is 83.0 Å². The van der Waals surface area contributed by atoms with E-state index in [4.69, 9.17) is 19.1 Å². The fraction of sp³-hybridized carbons (Fsp3) is 0.696. The highest BCUT2D eigenvalue weighted by molar-refractivity contribution is 6.65. The molecule has 2 saturated heterocycles. The highest BCUT2D eigenvalue weighted by Gasteiger charge is 2.53. The van der Waals surface area contributed by atoms with Crippen molar-refractivity contribution in [3.8, 4) is 0 Å². The summed E-state index contributed by atoms with van der Waals surface area (Å²) in [6, 6.07) is 2.18. The largest absolute Gasteiger partial charge is 0.495 e. The van der Waals surface area contributed by atoms with Gasteiger partial charge in [-0.3, -0.25) is 0 Å². The average molecular weight is 414 g/mol. The second kappa shape index (κ2) is 7.94. The molecule has 0 radical (unpaired) electrons. The molecule has 7 heteroatoms. The number of fused-ring (bicyclic) bond motifs is 1. The van der Waals surface area contributed by atoms with Crippen LogP contribution in [0.4, 0.5) is 0 Å². The number of nitrogens with zero attached hydrogens (tertiary/aromatic N) is 2. The van der Waals surface area contributed by atoms with Crippen molar-refractivity contribution in [1.82, 2.24) is 9.78 Å². The van der Waals surface area contributed by atoms with Crippen molar-refractivity contribution >= 4 is 23.5 Å². The van der Waals surface area contributed by atoms with E-state index in [2.05, 4.69) is 47.6 Å². The summed E-state index contributed by atoms with van der Waals surface area (Å²) < 4.78 is 21.0. The Balaban J connectivity index is 1.91. The first-order valence-electron chi connectivity index (χ1n) is 11.3. The predicted octanol–water partition coefficient (Wildman–Crippen LogP) is 3.83. The van der Waals surface area contributed by atoms with Crippen LogP contribution in [-0.2, 0) is 14.0 Å². The van der Waals surface area contributed by atoms with E-state index < -0.39 is 18.3 Å². The number of rotatable bonds is 5. The van der Waals surface area contributed by atoms with Crippen LogP contribution in [-0.4, -0.2) is 46.4 Å². The SMILES string of the molecule is CCC(CO)c1c(C)cc2c(cnn2C2CCCCO2)c1B1OC(C)(C)C(C)(C)O1. The van der Waals surface area contributed by atoms with Gasteiger partial charge in [-0.25, -0.2) is 4.68 Å². The van der Waals surface area contributed by atoms with Crippen LogP contribution in [0.3, 0.4) is 0 Å². The molecule has 1 aromatic carbocycles. The Morgan fingerprint density at radius 2 is 1.93 bits per heavy atom. The first-order valence-corrected chi connectivity index (χ1v) is 11.3. The molecule has 0 amide bonds. The van der Waals surface area contributed by atoms with Gasteiger partial charge in [0.15, 0.2) is 6.23 Å². The molecular formula is C23H35BN2O4. The van der Waals surface area contributed by atoms with Gasteiger partial charge < -0.3 is 19.2 Å². The van der Waals surface area contributed by atoms with Crippen LogP contribution in [0, 0.1) is 6.92 Å². The maximum absolute atomic E-state index is 10.1. The van der Waals surface area contributed by atoms with Crippen molar-refractivity contribution in [1.29, 1.82) is 0 Å². The van der Waals surface area contributed by atoms with Crippen LogP contribution in [0.15, 0.2) is 12.3 Å². The molecule has 0 aliphatic carbocycles. The van der Waals surface area contributed by atoms with Gasteiger partial charge in [0.1, 0.15) is 0 Å². The molecule has 0 spiro atoms. The van der Waals surface area contributed by atoms with Crippen molar-refractivity contribution in [2.24, 2.45) is 0 Å². The Labute approximate surface area is 180 Å². The van der Waals surface area contributed by atoms with E-state index in [-0.39, 0.29) is 18.8 Å². The lowest BCUT2D eigenvalue weighted by Crippen LogP contribution is -2.41. The van der Waals surface area contributed by atoms with Gasteiger partial charge in [0.25, 0.3) is 0 Å². The zero-order chi connectivity index (χ0) is 21.7. The lowest BCUT2D eigenvalue weighted by Gasteiger charge is -2.32. The highest BCUT2D eigenvalue weighted by atomic mass is 16.7. The second-order valence-corrected chi connectivity index (χ2v) is 9.74. The van der Waals surface area contributed by atoms with E-state index in [1.54, 1.807) is 0 Å². The third-order valence-electron chi connectivity index (χ3n) is 7.23. The number of aryl methyl sites for hydroxylation is 1. The van der Waals surface area contributed by atoms with Crippen LogP contribution in [0.5, 0.6) is 0 Å². The minimum atomic E-state index is -0.502. The van der Waals surface area contributed by atoms with Gasteiger partial charge in [-0.2, -0.15) is 5.10 Å². The molecule has 0 saturated carbocycles. The third kappa shape index (κ3) is 3.50. The molecule has 4 rings (SSSR count). The molecule has 2 atom stereocenters. The fourth-order valence-electron chi connectivity index (χ4n) is 4.69. The van der Waals surface area contributed by atoms with E-state index in [1.807, 2.05) is 10.9 Å². The Morgan fingerprint density at radius 3 is 2.50 bits per heavy atom. The van der Waals surface area contributed by atoms with Crippen LogP contribution >= 0.6 is 0 Å². The number of aliphatic hydroxyl groups is 1. The summed E-state index contributed by atoms with van der Waals surface area (Å²) in [4.78, 5) is 0. The number of aliphatic hydroxyl groups excluding tert-OH is 1. The van der Waals surface area contributed by atoms with Crippen LogP contribution < -0.4 is 5.46 Å². The third-order valence-corrected chi connectivity index (χ3v) is 7.23. The van der Waals surface area contributed by atoms with Crippen molar-refractivity contribution < 1.29 is 19.2 Å². The van der Waals surface area contributed by atoms with Crippen LogP contribution in [0.2, 0.25) is 0 Å². The summed E-state index contributed by atoms with van der Waals surface area (Å²) >= 11 is 0. The standard InChI is InChI=1S/C23H35BN2O4/c1-7-16(14-27)20-15(2)12-18-17(13-25-26(18)19-10-8-9-11-28-19)21(20)24-29-22(3,4)23(5,6)30-24/h12-13,16,19,27H,7-11,14H2,1-6H3. The Morgan fingerprint density at radius 1 is 1.23 bits per heavy atom. The summed E-state index contributed by atoms with van der Waals surface area (Å²) in [5.41, 5.74) is 3.43. The second-order valence-electron chi connectivity index (χ2n) is 9.74. The molecule has 2 unspecified atom stereocenters. The number of ether oxygens (including phenoxy) is 1. The van der Waals surface area contributed by atoms with Gasteiger partial charge in [0.2, 0.25) is 0 Å². The van der Waals surface area contributed by atoms with Gasteiger partial charge in [-0.1, -0.05) is 6.92 Å². The van der Waals surface area contributed by atoms with Crippen molar-refractivity contribution in [3.63, 3.8) is 0 Å². The summed E-state index contributed by atoms with van der Waals surface area (Å²) in [7, 11) is -0.502. The fourth-order valence-corrected chi connectivity index (χ4v) is 4.69. The summed E-state index contributed by atoms with van der Waals surface area (Å²) in [6.45, 7) is 13.4. The Kier molecular flexibility index (Phi) is 5.77. The Bertz CT molecular complexity index is 898. The molecule has 164 valence electrons. The summed E-state index contributed by atoms with van der Waals surface area (Å²) in [5.74, 6) is 0.0257. The summed E-state index contributed by atoms with van der Waals surface area (Å²) in [5, 5.41) is 15.9. The van der Waals surface area contributed by atoms with Gasteiger partial charge in [0, 0.05) is 24.5 Å². The average Bonchev–Trinajstić information content (AvgIpc) is 3.20. The molecule has 2 aliphatic heterocycles. The maximum Gasteiger partial charge on any atom is 0.495 e. The highest BCUT2D eigenvalue weighted by Crippen LogP contribution is 2.39. The van der Waals surface area contributed by atoms with E-state index in [0.717, 1.165) is 59.8 Å². The number of aromatic nitrogens is 2. The molecule has 3 heterocycles. The first-order chi connectivity index (χ1) is 14.2. The minimum absolute atomic E-state index is 0.0257.